The van der Waals surface area contributed by atoms with Crippen molar-refractivity contribution >= 4 is 33.3 Å². The van der Waals surface area contributed by atoms with Gasteiger partial charge in [0.25, 0.3) is 0 Å². The van der Waals surface area contributed by atoms with E-state index in [1.807, 2.05) is 32.2 Å². The van der Waals surface area contributed by atoms with Gasteiger partial charge in [-0.1, -0.05) is 43.7 Å². The molecule has 0 unspecified atom stereocenters. The van der Waals surface area contributed by atoms with Gasteiger partial charge in [-0.15, -0.1) is 11.3 Å². The van der Waals surface area contributed by atoms with Gasteiger partial charge in [-0.25, -0.2) is 9.97 Å². The largest absolute Gasteiger partial charge is 0.359 e. The predicted octanol–water partition coefficient (Wildman–Crippen LogP) is 4.41. The highest BCUT2D eigenvalue weighted by atomic mass is 32.1. The van der Waals surface area contributed by atoms with Crippen LogP contribution in [0.2, 0.25) is 0 Å². The van der Waals surface area contributed by atoms with Crippen LogP contribution in [-0.4, -0.2) is 36.0 Å². The SMILES string of the molecule is CCCCNC(=O)CCN(C)c1nc(C)nc2sc(-c3ccccc3)cc12. The summed E-state index contributed by atoms with van der Waals surface area (Å²) in [6.07, 6.45) is 2.56. The van der Waals surface area contributed by atoms with E-state index >= 15 is 0 Å². The molecule has 1 aromatic carbocycles. The molecule has 3 rings (SSSR count). The number of nitrogens with one attached hydrogen (secondary N) is 1. The number of hydrogen-bond donors (Lipinski definition) is 1. The molecular formula is C21H26N4OS. The Morgan fingerprint density at radius 1 is 1.22 bits per heavy atom. The summed E-state index contributed by atoms with van der Waals surface area (Å²) in [5.74, 6) is 1.73. The zero-order chi connectivity index (χ0) is 19.2. The number of nitrogens with zero attached hydrogens (tertiary/aromatic N) is 3. The molecule has 0 spiro atoms. The third-order valence-electron chi connectivity index (χ3n) is 4.43. The van der Waals surface area contributed by atoms with Crippen LogP contribution in [0.25, 0.3) is 20.7 Å². The van der Waals surface area contributed by atoms with Gasteiger partial charge in [-0.2, -0.15) is 0 Å². The maximum atomic E-state index is 12.0. The zero-order valence-electron chi connectivity index (χ0n) is 16.2. The van der Waals surface area contributed by atoms with Crippen molar-refractivity contribution in [3.05, 3.63) is 42.2 Å². The summed E-state index contributed by atoms with van der Waals surface area (Å²) in [6.45, 7) is 5.41. The number of aryl methyl sites for hydroxylation is 1. The van der Waals surface area contributed by atoms with E-state index < -0.39 is 0 Å². The number of thiophene rings is 1. The highest BCUT2D eigenvalue weighted by Gasteiger charge is 2.15. The molecule has 0 aliphatic carbocycles. The van der Waals surface area contributed by atoms with Crippen molar-refractivity contribution in [1.82, 2.24) is 15.3 Å². The van der Waals surface area contributed by atoms with Crippen LogP contribution in [0, 0.1) is 6.92 Å². The van der Waals surface area contributed by atoms with Crippen molar-refractivity contribution in [2.24, 2.45) is 0 Å². The van der Waals surface area contributed by atoms with Crippen molar-refractivity contribution in [3.63, 3.8) is 0 Å². The van der Waals surface area contributed by atoms with E-state index in [1.54, 1.807) is 11.3 Å². The van der Waals surface area contributed by atoms with E-state index in [0.29, 0.717) is 13.0 Å². The van der Waals surface area contributed by atoms with Gasteiger partial charge in [0.05, 0.1) is 5.39 Å². The van der Waals surface area contributed by atoms with Crippen LogP contribution in [0.3, 0.4) is 0 Å². The number of unbranched alkanes of at least 4 members (excludes halogenated alkanes) is 1. The minimum absolute atomic E-state index is 0.0904. The van der Waals surface area contributed by atoms with Gasteiger partial charge < -0.3 is 10.2 Å². The molecule has 1 amide bonds. The Kier molecular flexibility index (Phi) is 6.40. The van der Waals surface area contributed by atoms with Crippen LogP contribution < -0.4 is 10.2 Å². The normalized spacial score (nSPS) is 10.9. The monoisotopic (exact) mass is 382 g/mol. The molecule has 6 heteroatoms. The quantitative estimate of drug-likeness (QED) is 0.586. The van der Waals surface area contributed by atoms with E-state index in [4.69, 9.17) is 0 Å². The fourth-order valence-corrected chi connectivity index (χ4v) is 3.99. The average molecular weight is 383 g/mol. The van der Waals surface area contributed by atoms with Gasteiger partial charge in [-0.3, -0.25) is 4.79 Å². The number of fused-ring (bicyclic) bond motifs is 1. The van der Waals surface area contributed by atoms with Crippen molar-refractivity contribution in [2.75, 3.05) is 25.0 Å². The van der Waals surface area contributed by atoms with Crippen LogP contribution in [0.1, 0.15) is 32.0 Å². The smallest absolute Gasteiger partial charge is 0.221 e. The van der Waals surface area contributed by atoms with Crippen LogP contribution in [0.5, 0.6) is 0 Å². The first-order chi connectivity index (χ1) is 13.1. The molecule has 3 aromatic rings. The number of aromatic nitrogens is 2. The molecular weight excluding hydrogens is 356 g/mol. The fraction of sp³-hybridized carbons (Fsp3) is 0.381. The summed E-state index contributed by atoms with van der Waals surface area (Å²) in [4.78, 5) is 25.5. The van der Waals surface area contributed by atoms with Crippen LogP contribution in [0.4, 0.5) is 5.82 Å². The van der Waals surface area contributed by atoms with Crippen molar-refractivity contribution in [1.29, 1.82) is 0 Å². The van der Waals surface area contributed by atoms with E-state index in [-0.39, 0.29) is 5.91 Å². The molecule has 0 saturated heterocycles. The molecule has 0 bridgehead atoms. The Hall–Kier alpha value is -2.47. The lowest BCUT2D eigenvalue weighted by molar-refractivity contribution is -0.120. The molecule has 5 nitrogen and oxygen atoms in total. The minimum atomic E-state index is 0.0904. The molecule has 27 heavy (non-hydrogen) atoms. The fourth-order valence-electron chi connectivity index (χ4n) is 2.91. The first-order valence-electron chi connectivity index (χ1n) is 9.40. The standard InChI is InChI=1S/C21H26N4OS/c1-4-5-12-22-19(26)11-13-25(3)20-17-14-18(16-9-7-6-8-10-16)27-21(17)24-15(2)23-20/h6-10,14H,4-5,11-13H2,1-3H3,(H,22,26). The molecule has 0 atom stereocenters. The third-order valence-corrected chi connectivity index (χ3v) is 5.51. The second-order valence-electron chi connectivity index (χ2n) is 6.66. The number of benzene rings is 1. The van der Waals surface area contributed by atoms with Gasteiger partial charge in [-0.05, 0) is 25.0 Å². The summed E-state index contributed by atoms with van der Waals surface area (Å²) in [7, 11) is 1.99. The van der Waals surface area contributed by atoms with E-state index in [1.165, 1.54) is 10.4 Å². The average Bonchev–Trinajstić information content (AvgIpc) is 3.10. The molecule has 0 aliphatic heterocycles. The van der Waals surface area contributed by atoms with Gasteiger partial charge in [0.15, 0.2) is 0 Å². The summed E-state index contributed by atoms with van der Waals surface area (Å²) in [5, 5.41) is 4.01. The number of amides is 1. The Labute approximate surface area is 164 Å². The zero-order valence-corrected chi connectivity index (χ0v) is 17.0. The van der Waals surface area contributed by atoms with Gasteiger partial charge >= 0.3 is 0 Å². The van der Waals surface area contributed by atoms with Crippen molar-refractivity contribution < 1.29 is 4.79 Å². The maximum absolute atomic E-state index is 12.0. The lowest BCUT2D eigenvalue weighted by Gasteiger charge is -2.19. The van der Waals surface area contributed by atoms with Crippen molar-refractivity contribution in [3.8, 4) is 10.4 Å². The second-order valence-corrected chi connectivity index (χ2v) is 7.70. The summed E-state index contributed by atoms with van der Waals surface area (Å²) in [5.41, 5.74) is 1.18. The Morgan fingerprint density at radius 3 is 2.74 bits per heavy atom. The summed E-state index contributed by atoms with van der Waals surface area (Å²) >= 11 is 1.68. The third kappa shape index (κ3) is 4.83. The topological polar surface area (TPSA) is 58.1 Å². The van der Waals surface area contributed by atoms with Gasteiger partial charge in [0, 0.05) is 31.4 Å². The molecule has 2 aromatic heterocycles. The molecule has 2 heterocycles. The summed E-state index contributed by atoms with van der Waals surface area (Å²) in [6, 6.07) is 12.5. The van der Waals surface area contributed by atoms with E-state index in [9.17, 15) is 4.79 Å². The number of hydrogen-bond acceptors (Lipinski definition) is 5. The number of rotatable bonds is 8. The Balaban J connectivity index is 1.79. The number of anilines is 1. The molecule has 1 N–H and O–H groups in total. The minimum Gasteiger partial charge on any atom is -0.359 e. The lowest BCUT2D eigenvalue weighted by atomic mass is 10.2. The highest BCUT2D eigenvalue weighted by Crippen LogP contribution is 2.36. The molecule has 0 radical (unpaired) electrons. The van der Waals surface area contributed by atoms with Gasteiger partial charge in [0.1, 0.15) is 16.5 Å². The predicted molar refractivity (Wildman–Crippen MR) is 113 cm³/mol. The molecule has 0 saturated carbocycles. The van der Waals surface area contributed by atoms with E-state index in [0.717, 1.165) is 41.2 Å². The Morgan fingerprint density at radius 2 is 2.00 bits per heavy atom. The van der Waals surface area contributed by atoms with E-state index in [2.05, 4.69) is 45.3 Å². The number of carbonyl (C=O) groups is 1. The number of carbonyl (C=O) groups excluding carboxylic acids is 1. The molecule has 0 aliphatic rings. The maximum Gasteiger partial charge on any atom is 0.221 e. The van der Waals surface area contributed by atoms with Crippen LogP contribution in [0.15, 0.2) is 36.4 Å². The van der Waals surface area contributed by atoms with Crippen LogP contribution in [-0.2, 0) is 4.79 Å². The second kappa shape index (κ2) is 8.95. The van der Waals surface area contributed by atoms with Crippen LogP contribution >= 0.6 is 11.3 Å². The first kappa shape index (κ1) is 19.3. The first-order valence-corrected chi connectivity index (χ1v) is 10.2. The molecule has 142 valence electrons. The van der Waals surface area contributed by atoms with Crippen molar-refractivity contribution in [2.45, 2.75) is 33.1 Å². The lowest BCUT2D eigenvalue weighted by Crippen LogP contribution is -2.29. The highest BCUT2D eigenvalue weighted by molar-refractivity contribution is 7.21. The summed E-state index contributed by atoms with van der Waals surface area (Å²) < 4.78 is 0. The van der Waals surface area contributed by atoms with Gasteiger partial charge in [0.2, 0.25) is 5.91 Å². The Bertz CT molecular complexity index is 907. The molecule has 0 fully saturated rings.